The number of fused-ring (bicyclic) bond motifs is 1. The topological polar surface area (TPSA) is 73.0 Å². The molecule has 2 heterocycles. The second kappa shape index (κ2) is 5.30. The van der Waals surface area contributed by atoms with Gasteiger partial charge in [0, 0.05) is 5.69 Å². The van der Waals surface area contributed by atoms with Gasteiger partial charge in [0.05, 0.1) is 5.69 Å². The molecule has 1 aromatic carbocycles. The minimum Gasteiger partial charge on any atom is -0.354 e. The van der Waals surface area contributed by atoms with Crippen LogP contribution < -0.4 is 10.9 Å². The number of anilines is 1. The van der Waals surface area contributed by atoms with Gasteiger partial charge in [-0.3, -0.25) is 4.79 Å². The van der Waals surface area contributed by atoms with E-state index in [-0.39, 0.29) is 10.9 Å². The molecule has 0 saturated heterocycles. The number of aromatic nitrogens is 3. The lowest BCUT2D eigenvalue weighted by Crippen LogP contribution is -2.33. The smallest absolute Gasteiger partial charge is 0.286 e. The summed E-state index contributed by atoms with van der Waals surface area (Å²) in [6.07, 6.45) is 0. The molecule has 3 rings (SSSR count). The Balaban J connectivity index is 2.04. The molecule has 0 aliphatic rings. The fraction of sp³-hybridized carbons (Fsp3) is 0.143. The highest BCUT2D eigenvalue weighted by Crippen LogP contribution is 2.16. The van der Waals surface area contributed by atoms with Gasteiger partial charge in [0.2, 0.25) is 5.11 Å². The molecule has 22 heavy (non-hydrogen) atoms. The Labute approximate surface area is 129 Å². The van der Waals surface area contributed by atoms with E-state index in [1.54, 1.807) is 13.8 Å². The highest BCUT2D eigenvalue weighted by molar-refractivity contribution is 7.80. The van der Waals surface area contributed by atoms with E-state index < -0.39 is 5.56 Å². The molecule has 0 radical (unpaired) electrons. The van der Waals surface area contributed by atoms with E-state index >= 15 is 0 Å². The third-order valence-corrected chi connectivity index (χ3v) is 3.41. The molecule has 0 atom stereocenters. The summed E-state index contributed by atoms with van der Waals surface area (Å²) >= 11 is 5.21. The van der Waals surface area contributed by atoms with Crippen LogP contribution in [0.4, 0.5) is 10.1 Å². The van der Waals surface area contributed by atoms with Crippen LogP contribution in [0.2, 0.25) is 0 Å². The summed E-state index contributed by atoms with van der Waals surface area (Å²) in [5, 5.41) is 11.2. The predicted molar refractivity (Wildman–Crippen MR) is 83.6 cm³/mol. The van der Waals surface area contributed by atoms with Crippen molar-refractivity contribution in [2.24, 2.45) is 0 Å². The molecule has 0 unspecified atom stereocenters. The molecule has 0 amide bonds. The molecule has 112 valence electrons. The molecular weight excluding hydrogens is 307 g/mol. The number of thiocarbonyl (C=S) groups is 1. The van der Waals surface area contributed by atoms with Gasteiger partial charge < -0.3 is 9.84 Å². The standard InChI is InChI=1S/C14H11FN4O2S/c1-7-11-12(21-18-7)8(2)17-19(13(11)20)14(22)16-10-5-3-9(15)4-6-10/h3-6H,1-2H3,(H,16,22). The predicted octanol–water partition coefficient (Wildman–Crippen LogP) is 2.39. The monoisotopic (exact) mass is 318 g/mol. The summed E-state index contributed by atoms with van der Waals surface area (Å²) in [5.41, 5.74) is 1.46. The molecule has 1 N–H and O–H groups in total. The fourth-order valence-corrected chi connectivity index (χ4v) is 2.30. The summed E-state index contributed by atoms with van der Waals surface area (Å²) in [7, 11) is 0. The van der Waals surface area contributed by atoms with Crippen LogP contribution in [0.3, 0.4) is 0 Å². The van der Waals surface area contributed by atoms with Crippen LogP contribution in [0.15, 0.2) is 33.6 Å². The molecule has 0 bridgehead atoms. The average Bonchev–Trinajstić information content (AvgIpc) is 2.88. The van der Waals surface area contributed by atoms with Crippen LogP contribution in [-0.2, 0) is 0 Å². The van der Waals surface area contributed by atoms with Gasteiger partial charge in [0.25, 0.3) is 5.56 Å². The average molecular weight is 318 g/mol. The Bertz CT molecular complexity index is 930. The summed E-state index contributed by atoms with van der Waals surface area (Å²) in [6, 6.07) is 5.62. The van der Waals surface area contributed by atoms with Gasteiger partial charge >= 0.3 is 0 Å². The highest BCUT2D eigenvalue weighted by atomic mass is 32.1. The lowest BCUT2D eigenvalue weighted by molar-refractivity contribution is 0.447. The summed E-state index contributed by atoms with van der Waals surface area (Å²) in [5.74, 6) is -0.357. The second-order valence-corrected chi connectivity index (χ2v) is 5.10. The Morgan fingerprint density at radius 3 is 2.64 bits per heavy atom. The molecule has 8 heteroatoms. The number of halogens is 1. The molecule has 0 saturated carbocycles. The number of nitrogens with zero attached hydrogens (tertiary/aromatic N) is 3. The zero-order valence-electron chi connectivity index (χ0n) is 11.8. The summed E-state index contributed by atoms with van der Waals surface area (Å²) < 4.78 is 19.1. The normalized spacial score (nSPS) is 10.9. The first kappa shape index (κ1) is 14.3. The Kier molecular flexibility index (Phi) is 3.45. The molecule has 0 spiro atoms. The van der Waals surface area contributed by atoms with Gasteiger partial charge in [0.15, 0.2) is 5.58 Å². The maximum atomic E-state index is 12.9. The quantitative estimate of drug-likeness (QED) is 0.695. The maximum absolute atomic E-state index is 12.9. The van der Waals surface area contributed by atoms with Crippen molar-refractivity contribution >= 4 is 34.0 Å². The third kappa shape index (κ3) is 2.37. The van der Waals surface area contributed by atoms with Crippen LogP contribution in [0.5, 0.6) is 0 Å². The van der Waals surface area contributed by atoms with Gasteiger partial charge in [-0.15, -0.1) is 0 Å². The first-order valence-electron chi connectivity index (χ1n) is 6.40. The van der Waals surface area contributed by atoms with E-state index in [1.807, 2.05) is 0 Å². The van der Waals surface area contributed by atoms with Crippen molar-refractivity contribution in [3.05, 3.63) is 51.8 Å². The Morgan fingerprint density at radius 2 is 1.95 bits per heavy atom. The van der Waals surface area contributed by atoms with Gasteiger partial charge in [-0.25, -0.2) is 4.39 Å². The zero-order valence-corrected chi connectivity index (χ0v) is 12.6. The van der Waals surface area contributed by atoms with Crippen LogP contribution >= 0.6 is 12.2 Å². The van der Waals surface area contributed by atoms with Crippen LogP contribution in [0, 0.1) is 19.7 Å². The lowest BCUT2D eigenvalue weighted by atomic mass is 10.2. The summed E-state index contributed by atoms with van der Waals surface area (Å²) in [6.45, 7) is 3.37. The van der Waals surface area contributed by atoms with Crippen molar-refractivity contribution in [3.63, 3.8) is 0 Å². The van der Waals surface area contributed by atoms with Crippen molar-refractivity contribution in [1.82, 2.24) is 14.9 Å². The Hall–Kier alpha value is -2.61. The minimum absolute atomic E-state index is 0.0854. The molecule has 3 aromatic rings. The van der Waals surface area contributed by atoms with Gasteiger partial charge in [-0.05, 0) is 50.3 Å². The molecule has 6 nitrogen and oxygen atoms in total. The van der Waals surface area contributed by atoms with E-state index in [4.69, 9.17) is 16.7 Å². The van der Waals surface area contributed by atoms with E-state index in [0.29, 0.717) is 28.0 Å². The number of hydrogen-bond acceptors (Lipinski definition) is 5. The van der Waals surface area contributed by atoms with Crippen LogP contribution in [0.25, 0.3) is 11.0 Å². The van der Waals surface area contributed by atoms with Crippen molar-refractivity contribution in [3.8, 4) is 0 Å². The maximum Gasteiger partial charge on any atom is 0.286 e. The highest BCUT2D eigenvalue weighted by Gasteiger charge is 2.17. The van der Waals surface area contributed by atoms with E-state index in [0.717, 1.165) is 4.68 Å². The first-order chi connectivity index (χ1) is 10.5. The fourth-order valence-electron chi connectivity index (χ4n) is 2.06. The van der Waals surface area contributed by atoms with Crippen LogP contribution in [-0.4, -0.2) is 20.0 Å². The Morgan fingerprint density at radius 1 is 1.27 bits per heavy atom. The molecule has 2 aromatic heterocycles. The van der Waals surface area contributed by atoms with Gasteiger partial charge in [0.1, 0.15) is 16.9 Å². The number of nitrogens with one attached hydrogen (secondary N) is 1. The van der Waals surface area contributed by atoms with Crippen LogP contribution in [0.1, 0.15) is 11.4 Å². The number of benzene rings is 1. The largest absolute Gasteiger partial charge is 0.354 e. The van der Waals surface area contributed by atoms with Gasteiger partial charge in [-0.1, -0.05) is 5.16 Å². The second-order valence-electron chi connectivity index (χ2n) is 4.71. The molecule has 0 fully saturated rings. The third-order valence-electron chi connectivity index (χ3n) is 3.14. The molecule has 0 aliphatic heterocycles. The molecule has 0 aliphatic carbocycles. The molecular formula is C14H11FN4O2S. The van der Waals surface area contributed by atoms with E-state index in [9.17, 15) is 9.18 Å². The number of hydrogen-bond donors (Lipinski definition) is 1. The number of rotatable bonds is 1. The van der Waals surface area contributed by atoms with Crippen molar-refractivity contribution < 1.29 is 8.91 Å². The minimum atomic E-state index is -0.418. The van der Waals surface area contributed by atoms with Crippen molar-refractivity contribution in [2.45, 2.75) is 13.8 Å². The number of aryl methyl sites for hydroxylation is 2. The SMILES string of the molecule is Cc1nn(C(=S)Nc2ccc(F)cc2)c(=O)c2c(C)noc12. The van der Waals surface area contributed by atoms with Gasteiger partial charge in [-0.2, -0.15) is 9.78 Å². The van der Waals surface area contributed by atoms with Crippen molar-refractivity contribution in [1.29, 1.82) is 0 Å². The van der Waals surface area contributed by atoms with E-state index in [2.05, 4.69) is 15.6 Å². The zero-order chi connectivity index (χ0) is 15.9. The van der Waals surface area contributed by atoms with Crippen molar-refractivity contribution in [2.75, 3.05) is 5.32 Å². The first-order valence-corrected chi connectivity index (χ1v) is 6.81. The summed E-state index contributed by atoms with van der Waals surface area (Å²) in [4.78, 5) is 12.5. The lowest BCUT2D eigenvalue weighted by Gasteiger charge is -2.09. The van der Waals surface area contributed by atoms with E-state index in [1.165, 1.54) is 24.3 Å².